The van der Waals surface area contributed by atoms with Crippen LogP contribution in [0.15, 0.2) is 0 Å². The lowest BCUT2D eigenvalue weighted by Crippen LogP contribution is -2.41. The predicted octanol–water partition coefficient (Wildman–Crippen LogP) is 2.12. The summed E-state index contributed by atoms with van der Waals surface area (Å²) in [5, 5.41) is 0. The van der Waals surface area contributed by atoms with Crippen LogP contribution in [0.25, 0.3) is 0 Å². The first kappa shape index (κ1) is 16.2. The Morgan fingerprint density at radius 1 is 1.43 bits per heavy atom. The fraction of sp³-hybridized carbons (Fsp3) is 0.900. The summed E-state index contributed by atoms with van der Waals surface area (Å²) in [5.74, 6) is -0.128. The lowest BCUT2D eigenvalue weighted by atomic mass is 10.00. The van der Waals surface area contributed by atoms with Crippen LogP contribution < -0.4 is 5.73 Å². The molecule has 4 heteroatoms. The number of carbonyl (C=O) groups is 1. The minimum Gasteiger partial charge on any atom is -0.459 e. The van der Waals surface area contributed by atoms with Crippen LogP contribution in [0.4, 0.5) is 0 Å². The molecular weight excluding hydrogens is 202 g/mol. The van der Waals surface area contributed by atoms with Gasteiger partial charge in [-0.3, -0.25) is 4.79 Å². The van der Waals surface area contributed by atoms with Crippen molar-refractivity contribution in [2.75, 3.05) is 0 Å². The standard InChI is InChI=1S/C10H21NO2.ClH/c1-6-7(2)8(11)9(12)13-10(3,4)5;/h7-8H,6,11H2,1-5H3;1H/t7-,8+;/m1./s1. The highest BCUT2D eigenvalue weighted by Gasteiger charge is 2.25. The van der Waals surface area contributed by atoms with Gasteiger partial charge >= 0.3 is 5.97 Å². The SMILES string of the molecule is CC[C@@H](C)[C@H](N)C(=O)OC(C)(C)C.Cl. The van der Waals surface area contributed by atoms with E-state index in [-0.39, 0.29) is 24.3 Å². The third-order valence-electron chi connectivity index (χ3n) is 1.94. The molecular formula is C10H22ClNO2. The summed E-state index contributed by atoms with van der Waals surface area (Å²) in [6.07, 6.45) is 0.889. The summed E-state index contributed by atoms with van der Waals surface area (Å²) in [7, 11) is 0. The van der Waals surface area contributed by atoms with Crippen molar-refractivity contribution in [3.8, 4) is 0 Å². The van der Waals surface area contributed by atoms with Gasteiger partial charge in [-0.05, 0) is 26.7 Å². The molecule has 0 aromatic carbocycles. The molecule has 86 valence electrons. The highest BCUT2D eigenvalue weighted by Crippen LogP contribution is 2.12. The van der Waals surface area contributed by atoms with Crippen LogP contribution in [0.5, 0.6) is 0 Å². The van der Waals surface area contributed by atoms with Crippen LogP contribution in [0.1, 0.15) is 41.0 Å². The van der Waals surface area contributed by atoms with Crippen LogP contribution in [-0.4, -0.2) is 17.6 Å². The van der Waals surface area contributed by atoms with Gasteiger partial charge < -0.3 is 10.5 Å². The lowest BCUT2D eigenvalue weighted by molar-refractivity contribution is -0.157. The zero-order valence-electron chi connectivity index (χ0n) is 9.66. The Kier molecular flexibility index (Phi) is 7.21. The Bertz CT molecular complexity index is 177. The molecule has 0 aliphatic rings. The van der Waals surface area contributed by atoms with Crippen molar-refractivity contribution in [3.63, 3.8) is 0 Å². The maximum Gasteiger partial charge on any atom is 0.323 e. The Morgan fingerprint density at radius 2 is 1.86 bits per heavy atom. The van der Waals surface area contributed by atoms with Gasteiger partial charge in [0.25, 0.3) is 0 Å². The third kappa shape index (κ3) is 6.22. The maximum absolute atomic E-state index is 11.4. The number of carbonyl (C=O) groups excluding carboxylic acids is 1. The summed E-state index contributed by atoms with van der Waals surface area (Å²) in [4.78, 5) is 11.4. The van der Waals surface area contributed by atoms with E-state index in [1.807, 2.05) is 34.6 Å². The fourth-order valence-electron chi connectivity index (χ4n) is 0.856. The minimum atomic E-state index is -0.496. The monoisotopic (exact) mass is 223 g/mol. The van der Waals surface area contributed by atoms with Crippen molar-refractivity contribution in [2.45, 2.75) is 52.7 Å². The lowest BCUT2D eigenvalue weighted by Gasteiger charge is -2.24. The van der Waals surface area contributed by atoms with Crippen molar-refractivity contribution in [1.29, 1.82) is 0 Å². The van der Waals surface area contributed by atoms with E-state index < -0.39 is 11.6 Å². The molecule has 0 bridgehead atoms. The number of nitrogens with two attached hydrogens (primary N) is 1. The molecule has 0 unspecified atom stereocenters. The molecule has 2 N–H and O–H groups in total. The average Bonchev–Trinajstić information content (AvgIpc) is 1.98. The molecule has 0 amide bonds. The van der Waals surface area contributed by atoms with E-state index in [1.54, 1.807) is 0 Å². The second kappa shape index (κ2) is 6.25. The van der Waals surface area contributed by atoms with Gasteiger partial charge in [0.15, 0.2) is 0 Å². The molecule has 0 aromatic heterocycles. The average molecular weight is 224 g/mol. The van der Waals surface area contributed by atoms with Gasteiger partial charge in [0.05, 0.1) is 0 Å². The second-order valence-electron chi connectivity index (χ2n) is 4.44. The number of halogens is 1. The van der Waals surface area contributed by atoms with E-state index in [0.717, 1.165) is 6.42 Å². The van der Waals surface area contributed by atoms with Crippen LogP contribution in [0, 0.1) is 5.92 Å². The molecule has 0 aliphatic carbocycles. The normalized spacial score (nSPS) is 15.3. The van der Waals surface area contributed by atoms with E-state index >= 15 is 0 Å². The maximum atomic E-state index is 11.4. The third-order valence-corrected chi connectivity index (χ3v) is 1.94. The number of hydrogen-bond acceptors (Lipinski definition) is 3. The number of esters is 1. The number of rotatable bonds is 3. The van der Waals surface area contributed by atoms with E-state index in [0.29, 0.717) is 0 Å². The molecule has 0 aromatic rings. The summed E-state index contributed by atoms with van der Waals surface area (Å²) < 4.78 is 5.16. The zero-order chi connectivity index (χ0) is 10.6. The summed E-state index contributed by atoms with van der Waals surface area (Å²) in [6, 6.07) is -0.496. The number of ether oxygens (including phenoxy) is 1. The quantitative estimate of drug-likeness (QED) is 0.746. The van der Waals surface area contributed by atoms with Crippen LogP contribution >= 0.6 is 12.4 Å². The summed E-state index contributed by atoms with van der Waals surface area (Å²) in [5.41, 5.74) is 5.26. The molecule has 0 saturated carbocycles. The Morgan fingerprint density at radius 3 is 2.14 bits per heavy atom. The topological polar surface area (TPSA) is 52.3 Å². The molecule has 0 radical (unpaired) electrons. The number of hydrogen-bond donors (Lipinski definition) is 1. The molecule has 14 heavy (non-hydrogen) atoms. The van der Waals surface area contributed by atoms with E-state index in [1.165, 1.54) is 0 Å². The van der Waals surface area contributed by atoms with Gasteiger partial charge in [-0.1, -0.05) is 20.3 Å². The molecule has 2 atom stereocenters. The molecule has 0 spiro atoms. The summed E-state index contributed by atoms with van der Waals surface area (Å²) in [6.45, 7) is 9.49. The molecule has 0 rings (SSSR count). The van der Waals surface area contributed by atoms with Crippen LogP contribution in [0.2, 0.25) is 0 Å². The molecule has 0 fully saturated rings. The Labute approximate surface area is 92.8 Å². The molecule has 0 aliphatic heterocycles. The fourth-order valence-corrected chi connectivity index (χ4v) is 0.856. The molecule has 3 nitrogen and oxygen atoms in total. The van der Waals surface area contributed by atoms with Crippen molar-refractivity contribution in [3.05, 3.63) is 0 Å². The van der Waals surface area contributed by atoms with Crippen molar-refractivity contribution in [2.24, 2.45) is 11.7 Å². The van der Waals surface area contributed by atoms with Crippen molar-refractivity contribution < 1.29 is 9.53 Å². The van der Waals surface area contributed by atoms with Crippen LogP contribution in [-0.2, 0) is 9.53 Å². The first-order valence-corrected chi connectivity index (χ1v) is 4.76. The van der Waals surface area contributed by atoms with Crippen LogP contribution in [0.3, 0.4) is 0 Å². The van der Waals surface area contributed by atoms with E-state index in [2.05, 4.69) is 0 Å². The van der Waals surface area contributed by atoms with Gasteiger partial charge in [-0.25, -0.2) is 0 Å². The molecule has 0 heterocycles. The van der Waals surface area contributed by atoms with Gasteiger partial charge in [0, 0.05) is 0 Å². The van der Waals surface area contributed by atoms with Gasteiger partial charge in [0.1, 0.15) is 11.6 Å². The highest BCUT2D eigenvalue weighted by atomic mass is 35.5. The second-order valence-corrected chi connectivity index (χ2v) is 4.44. The first-order chi connectivity index (χ1) is 5.78. The molecule has 0 saturated heterocycles. The van der Waals surface area contributed by atoms with Gasteiger partial charge in [-0.2, -0.15) is 0 Å². The summed E-state index contributed by atoms with van der Waals surface area (Å²) >= 11 is 0. The first-order valence-electron chi connectivity index (χ1n) is 4.76. The highest BCUT2D eigenvalue weighted by molar-refractivity contribution is 5.85. The zero-order valence-corrected chi connectivity index (χ0v) is 10.5. The van der Waals surface area contributed by atoms with Gasteiger partial charge in [0.2, 0.25) is 0 Å². The largest absolute Gasteiger partial charge is 0.459 e. The van der Waals surface area contributed by atoms with Crippen molar-refractivity contribution in [1.82, 2.24) is 0 Å². The Balaban J connectivity index is 0. The Hall–Kier alpha value is -0.280. The minimum absolute atomic E-state index is 0. The van der Waals surface area contributed by atoms with E-state index in [4.69, 9.17) is 10.5 Å². The van der Waals surface area contributed by atoms with Crippen molar-refractivity contribution >= 4 is 18.4 Å². The van der Waals surface area contributed by atoms with E-state index in [9.17, 15) is 4.79 Å². The predicted molar refractivity (Wildman–Crippen MR) is 60.5 cm³/mol. The van der Waals surface area contributed by atoms with Gasteiger partial charge in [-0.15, -0.1) is 12.4 Å². The smallest absolute Gasteiger partial charge is 0.323 e.